The monoisotopic (exact) mass is 279 g/mol. The minimum absolute atomic E-state index is 0.100. The lowest BCUT2D eigenvalue weighted by Gasteiger charge is -2.32. The van der Waals surface area contributed by atoms with Gasteiger partial charge in [0.1, 0.15) is 5.60 Å². The van der Waals surface area contributed by atoms with E-state index in [0.717, 1.165) is 5.57 Å². The molecule has 4 heteroatoms. The lowest BCUT2D eigenvalue weighted by atomic mass is 9.70. The fourth-order valence-electron chi connectivity index (χ4n) is 3.30. The molecule has 1 saturated heterocycles. The van der Waals surface area contributed by atoms with Crippen LogP contribution >= 0.6 is 0 Å². The third-order valence-electron chi connectivity index (χ3n) is 4.49. The van der Waals surface area contributed by atoms with Gasteiger partial charge in [-0.3, -0.25) is 4.79 Å². The smallest absolute Gasteiger partial charge is 0.417 e. The molecule has 1 fully saturated rings. The Morgan fingerprint density at radius 1 is 1.35 bits per heavy atom. The highest BCUT2D eigenvalue weighted by atomic mass is 16.6. The van der Waals surface area contributed by atoms with Crippen LogP contribution in [0, 0.1) is 23.7 Å². The number of likely N-dealkylation sites (tertiary alicyclic amines) is 1. The van der Waals surface area contributed by atoms with Crippen LogP contribution in [0.3, 0.4) is 0 Å². The van der Waals surface area contributed by atoms with E-state index in [4.69, 9.17) is 4.74 Å². The molecule has 4 nitrogen and oxygen atoms in total. The van der Waals surface area contributed by atoms with Crippen molar-refractivity contribution in [2.45, 2.75) is 47.1 Å². The molecule has 4 atom stereocenters. The van der Waals surface area contributed by atoms with Crippen molar-refractivity contribution in [3.8, 4) is 0 Å². The Morgan fingerprint density at radius 3 is 2.50 bits per heavy atom. The number of allylic oxidation sites excluding steroid dienone is 1. The van der Waals surface area contributed by atoms with Gasteiger partial charge in [0, 0.05) is 6.54 Å². The quantitative estimate of drug-likeness (QED) is 0.640. The average molecular weight is 279 g/mol. The topological polar surface area (TPSA) is 46.6 Å². The largest absolute Gasteiger partial charge is 0.443 e. The van der Waals surface area contributed by atoms with E-state index in [1.165, 1.54) is 4.90 Å². The lowest BCUT2D eigenvalue weighted by Crippen LogP contribution is -2.38. The zero-order chi connectivity index (χ0) is 15.2. The van der Waals surface area contributed by atoms with Gasteiger partial charge in [-0.15, -0.1) is 0 Å². The summed E-state index contributed by atoms with van der Waals surface area (Å²) in [4.78, 5) is 26.0. The third kappa shape index (κ3) is 2.60. The minimum atomic E-state index is -0.574. The molecule has 0 bridgehead atoms. The first-order valence-corrected chi connectivity index (χ1v) is 7.34. The van der Waals surface area contributed by atoms with E-state index in [0.29, 0.717) is 18.4 Å². The van der Waals surface area contributed by atoms with E-state index in [1.54, 1.807) is 0 Å². The van der Waals surface area contributed by atoms with Crippen LogP contribution in [0.25, 0.3) is 0 Å². The molecule has 1 aliphatic carbocycles. The molecule has 0 aromatic carbocycles. The van der Waals surface area contributed by atoms with Gasteiger partial charge < -0.3 is 4.74 Å². The van der Waals surface area contributed by atoms with Crippen LogP contribution < -0.4 is 0 Å². The number of hydrogen-bond donors (Lipinski definition) is 0. The highest BCUT2D eigenvalue weighted by Crippen LogP contribution is 2.43. The molecule has 1 heterocycles. The number of amides is 2. The van der Waals surface area contributed by atoms with Gasteiger partial charge in [0.25, 0.3) is 0 Å². The van der Waals surface area contributed by atoms with Crippen molar-refractivity contribution in [2.75, 3.05) is 6.54 Å². The Hall–Kier alpha value is -1.32. The Bertz CT molecular complexity index is 461. The molecule has 0 aromatic heterocycles. The molecule has 2 rings (SSSR count). The predicted octanol–water partition coefficient (Wildman–Crippen LogP) is 3.23. The maximum Gasteiger partial charge on any atom is 0.417 e. The molecule has 0 radical (unpaired) electrons. The van der Waals surface area contributed by atoms with Gasteiger partial charge in [0.2, 0.25) is 5.91 Å². The molecule has 112 valence electrons. The van der Waals surface area contributed by atoms with Crippen LogP contribution in [-0.2, 0) is 9.53 Å². The average Bonchev–Trinajstić information content (AvgIpc) is 2.62. The first-order valence-electron chi connectivity index (χ1n) is 7.34. The maximum atomic E-state index is 12.5. The van der Waals surface area contributed by atoms with Crippen molar-refractivity contribution in [1.29, 1.82) is 0 Å². The summed E-state index contributed by atoms with van der Waals surface area (Å²) in [5.74, 6) is 0.822. The van der Waals surface area contributed by atoms with Gasteiger partial charge in [-0.1, -0.05) is 25.5 Å². The van der Waals surface area contributed by atoms with Crippen molar-refractivity contribution in [1.82, 2.24) is 4.90 Å². The van der Waals surface area contributed by atoms with Gasteiger partial charge in [0.15, 0.2) is 0 Å². The van der Waals surface area contributed by atoms with Gasteiger partial charge in [-0.05, 0) is 45.4 Å². The van der Waals surface area contributed by atoms with Crippen LogP contribution in [0.1, 0.15) is 41.5 Å². The van der Waals surface area contributed by atoms with Crippen molar-refractivity contribution < 1.29 is 14.3 Å². The number of imide groups is 1. The fourth-order valence-corrected chi connectivity index (χ4v) is 3.30. The molecule has 20 heavy (non-hydrogen) atoms. The van der Waals surface area contributed by atoms with E-state index in [-0.39, 0.29) is 17.7 Å². The van der Waals surface area contributed by atoms with Gasteiger partial charge in [-0.2, -0.15) is 0 Å². The summed E-state index contributed by atoms with van der Waals surface area (Å²) in [6, 6.07) is 0. The zero-order valence-corrected chi connectivity index (χ0v) is 13.3. The summed E-state index contributed by atoms with van der Waals surface area (Å²) in [6.45, 7) is 12.3. The fraction of sp³-hybridized carbons (Fsp3) is 0.750. The van der Waals surface area contributed by atoms with Gasteiger partial charge in [0.05, 0.1) is 5.92 Å². The molecule has 0 unspecified atom stereocenters. The standard InChI is InChI=1S/C16H25NO3/c1-9-7-10(2)13-12(11(9)3)8-17(14(13)18)15(19)20-16(4,5)6/h7,9,11-13H,8H2,1-6H3/t9-,11+,12+,13+/m1/s1. The van der Waals surface area contributed by atoms with Crippen molar-refractivity contribution in [2.24, 2.45) is 23.7 Å². The number of nitrogens with zero attached hydrogens (tertiary/aromatic N) is 1. The molecule has 1 aliphatic heterocycles. The molecular formula is C16H25NO3. The molecule has 0 N–H and O–H groups in total. The molecule has 2 amide bonds. The molecule has 0 saturated carbocycles. The van der Waals surface area contributed by atoms with E-state index >= 15 is 0 Å². The van der Waals surface area contributed by atoms with Crippen LogP contribution in [0.15, 0.2) is 11.6 Å². The summed E-state index contributed by atoms with van der Waals surface area (Å²) in [5, 5.41) is 0. The molecule has 0 aromatic rings. The summed E-state index contributed by atoms with van der Waals surface area (Å²) >= 11 is 0. The summed E-state index contributed by atoms with van der Waals surface area (Å²) < 4.78 is 5.34. The number of carbonyl (C=O) groups excluding carboxylic acids is 2. The second kappa shape index (κ2) is 4.90. The van der Waals surface area contributed by atoms with Gasteiger partial charge >= 0.3 is 6.09 Å². The summed E-state index contributed by atoms with van der Waals surface area (Å²) in [5.41, 5.74) is 0.520. The second-order valence-corrected chi connectivity index (χ2v) is 7.20. The number of carbonyl (C=O) groups is 2. The van der Waals surface area contributed by atoms with Crippen LogP contribution in [0.2, 0.25) is 0 Å². The molecule has 2 aliphatic rings. The number of rotatable bonds is 0. The number of ether oxygens (including phenoxy) is 1. The first-order chi connectivity index (χ1) is 9.11. The Balaban J connectivity index is 2.21. The summed E-state index contributed by atoms with van der Waals surface area (Å²) in [6.07, 6.45) is 1.66. The van der Waals surface area contributed by atoms with Crippen molar-refractivity contribution >= 4 is 12.0 Å². The first kappa shape index (κ1) is 15.1. The normalized spacial score (nSPS) is 33.8. The summed E-state index contributed by atoms with van der Waals surface area (Å²) in [7, 11) is 0. The molecular weight excluding hydrogens is 254 g/mol. The second-order valence-electron chi connectivity index (χ2n) is 7.20. The van der Waals surface area contributed by atoms with Crippen molar-refractivity contribution in [3.05, 3.63) is 11.6 Å². The lowest BCUT2D eigenvalue weighted by molar-refractivity contribution is -0.129. The van der Waals surface area contributed by atoms with E-state index < -0.39 is 11.7 Å². The molecule has 0 spiro atoms. The van der Waals surface area contributed by atoms with E-state index in [2.05, 4.69) is 19.9 Å². The van der Waals surface area contributed by atoms with Crippen molar-refractivity contribution in [3.63, 3.8) is 0 Å². The highest BCUT2D eigenvalue weighted by molar-refractivity contribution is 5.97. The zero-order valence-electron chi connectivity index (χ0n) is 13.3. The number of hydrogen-bond acceptors (Lipinski definition) is 3. The van der Waals surface area contributed by atoms with Crippen LogP contribution in [0.4, 0.5) is 4.79 Å². The van der Waals surface area contributed by atoms with Crippen LogP contribution in [-0.4, -0.2) is 29.0 Å². The number of fused-ring (bicyclic) bond motifs is 1. The SMILES string of the molecule is CC1=C[C@@H](C)[C@H](C)[C@@H]2CN(C(=O)OC(C)(C)C)C(=O)[C@@H]12. The van der Waals surface area contributed by atoms with Crippen LogP contribution in [0.5, 0.6) is 0 Å². The predicted molar refractivity (Wildman–Crippen MR) is 77.0 cm³/mol. The Labute approximate surface area is 121 Å². The van der Waals surface area contributed by atoms with E-state index in [9.17, 15) is 9.59 Å². The Morgan fingerprint density at radius 2 is 1.95 bits per heavy atom. The third-order valence-corrected chi connectivity index (χ3v) is 4.49. The van der Waals surface area contributed by atoms with E-state index in [1.807, 2.05) is 27.7 Å². The minimum Gasteiger partial charge on any atom is -0.443 e. The maximum absolute atomic E-state index is 12.5. The van der Waals surface area contributed by atoms with Gasteiger partial charge in [-0.25, -0.2) is 9.69 Å². The Kier molecular flexibility index (Phi) is 3.69. The highest BCUT2D eigenvalue weighted by Gasteiger charge is 2.49.